The smallest absolute Gasteiger partial charge is 0.303 e. The van der Waals surface area contributed by atoms with E-state index in [0.717, 1.165) is 17.3 Å². The highest BCUT2D eigenvalue weighted by atomic mass is 16.4. The van der Waals surface area contributed by atoms with E-state index in [9.17, 15) is 4.79 Å². The van der Waals surface area contributed by atoms with Gasteiger partial charge in [-0.25, -0.2) is 0 Å². The van der Waals surface area contributed by atoms with Crippen LogP contribution in [0.3, 0.4) is 0 Å². The summed E-state index contributed by atoms with van der Waals surface area (Å²) in [6, 6.07) is 0. The normalized spacial score (nSPS) is 10.1. The van der Waals surface area contributed by atoms with E-state index >= 15 is 0 Å². The van der Waals surface area contributed by atoms with Crippen molar-refractivity contribution in [1.82, 2.24) is 0 Å². The molecule has 0 heterocycles. The number of nitrogens with zero attached hydrogens (tertiary/aromatic N) is 1. The Balaban J connectivity index is -0.000000321. The Hall–Kier alpha value is -0.610. The molecule has 0 bridgehead atoms. The SMILES string of the molecule is CCCCCCCCCC(=O)O.C[N+](C)(C)C.[OH-]. The predicted molar refractivity (Wildman–Crippen MR) is 76.1 cm³/mol. The quantitative estimate of drug-likeness (QED) is 0.539. The second-order valence-corrected chi connectivity index (χ2v) is 5.95. The van der Waals surface area contributed by atoms with Crippen molar-refractivity contribution in [2.75, 3.05) is 28.2 Å². The fraction of sp³-hybridized carbons (Fsp3) is 0.929. The Bertz CT molecular complexity index is 170. The summed E-state index contributed by atoms with van der Waals surface area (Å²) in [7, 11) is 8.50. The number of quaternary nitrogens is 1. The molecule has 0 saturated heterocycles. The van der Waals surface area contributed by atoms with Gasteiger partial charge in [0.1, 0.15) is 0 Å². The van der Waals surface area contributed by atoms with Crippen molar-refractivity contribution in [1.29, 1.82) is 0 Å². The summed E-state index contributed by atoms with van der Waals surface area (Å²) in [5.74, 6) is -0.663. The monoisotopic (exact) mass is 263 g/mol. The van der Waals surface area contributed by atoms with Crippen LogP contribution in [0.2, 0.25) is 0 Å². The van der Waals surface area contributed by atoms with Crippen LogP contribution in [-0.2, 0) is 4.79 Å². The predicted octanol–water partition coefficient (Wildman–Crippen LogP) is 3.36. The first-order valence-corrected chi connectivity index (χ1v) is 6.78. The van der Waals surface area contributed by atoms with Crippen LogP contribution in [0.4, 0.5) is 0 Å². The summed E-state index contributed by atoms with van der Waals surface area (Å²) < 4.78 is 1.00. The third-order valence-electron chi connectivity index (χ3n) is 1.99. The second kappa shape index (κ2) is 14.5. The van der Waals surface area contributed by atoms with E-state index in [1.54, 1.807) is 0 Å². The number of carboxylic acid groups (broad SMARTS) is 1. The number of aliphatic carboxylic acids is 1. The van der Waals surface area contributed by atoms with E-state index in [-0.39, 0.29) is 5.48 Å². The van der Waals surface area contributed by atoms with Crippen molar-refractivity contribution in [2.45, 2.75) is 58.3 Å². The third-order valence-corrected chi connectivity index (χ3v) is 1.99. The minimum atomic E-state index is -0.663. The van der Waals surface area contributed by atoms with E-state index in [0.29, 0.717) is 6.42 Å². The molecule has 0 atom stereocenters. The average Bonchev–Trinajstić information content (AvgIpc) is 2.13. The van der Waals surface area contributed by atoms with Crippen LogP contribution >= 0.6 is 0 Å². The fourth-order valence-electron chi connectivity index (χ4n) is 1.23. The van der Waals surface area contributed by atoms with E-state index in [2.05, 4.69) is 35.1 Å². The third kappa shape index (κ3) is 45.3. The number of carboxylic acids is 1. The first kappa shape index (κ1) is 22.6. The van der Waals surface area contributed by atoms with Crippen molar-refractivity contribution in [2.24, 2.45) is 0 Å². The zero-order chi connectivity index (χ0) is 13.7. The molecular formula is C14H33NO3. The minimum Gasteiger partial charge on any atom is -0.870 e. The van der Waals surface area contributed by atoms with Gasteiger partial charge >= 0.3 is 5.97 Å². The van der Waals surface area contributed by atoms with E-state index in [1.807, 2.05) is 0 Å². The summed E-state index contributed by atoms with van der Waals surface area (Å²) in [5.41, 5.74) is 0. The molecule has 18 heavy (non-hydrogen) atoms. The molecule has 2 N–H and O–H groups in total. The summed E-state index contributed by atoms with van der Waals surface area (Å²) in [5, 5.41) is 8.35. The highest BCUT2D eigenvalue weighted by Crippen LogP contribution is 2.07. The molecule has 0 aromatic rings. The zero-order valence-corrected chi connectivity index (χ0v) is 12.9. The zero-order valence-electron chi connectivity index (χ0n) is 12.9. The number of rotatable bonds is 8. The Morgan fingerprint density at radius 3 is 1.56 bits per heavy atom. The van der Waals surface area contributed by atoms with Gasteiger partial charge in [0.25, 0.3) is 0 Å². The van der Waals surface area contributed by atoms with Crippen LogP contribution in [0, 0.1) is 0 Å². The molecule has 0 spiro atoms. The summed E-state index contributed by atoms with van der Waals surface area (Å²) in [6.45, 7) is 2.20. The highest BCUT2D eigenvalue weighted by molar-refractivity contribution is 5.66. The second-order valence-electron chi connectivity index (χ2n) is 5.95. The van der Waals surface area contributed by atoms with Crippen LogP contribution in [0.5, 0.6) is 0 Å². The Morgan fingerprint density at radius 2 is 1.22 bits per heavy atom. The molecule has 4 heteroatoms. The van der Waals surface area contributed by atoms with Crippen LogP contribution in [0.15, 0.2) is 0 Å². The summed E-state index contributed by atoms with van der Waals surface area (Å²) in [6.07, 6.45) is 8.64. The number of hydrogen-bond donors (Lipinski definition) is 1. The van der Waals surface area contributed by atoms with Gasteiger partial charge in [0.2, 0.25) is 0 Å². The van der Waals surface area contributed by atoms with Crippen LogP contribution in [0.25, 0.3) is 0 Å². The minimum absolute atomic E-state index is 0. The van der Waals surface area contributed by atoms with Crippen LogP contribution in [-0.4, -0.2) is 49.2 Å². The van der Waals surface area contributed by atoms with Crippen molar-refractivity contribution in [3.8, 4) is 0 Å². The lowest BCUT2D eigenvalue weighted by atomic mass is 10.1. The standard InChI is InChI=1S/C10H20O2.C4H12N.H2O/c1-2-3-4-5-6-7-8-9-10(11)12;1-5(2,3)4;/h2-9H2,1H3,(H,11,12);1-4H3;1H2/q;+1;/p-1. The van der Waals surface area contributed by atoms with E-state index < -0.39 is 5.97 Å². The molecule has 112 valence electrons. The van der Waals surface area contributed by atoms with Gasteiger partial charge in [-0.15, -0.1) is 0 Å². The van der Waals surface area contributed by atoms with Crippen molar-refractivity contribution < 1.29 is 19.9 Å². The van der Waals surface area contributed by atoms with Gasteiger partial charge in [-0.3, -0.25) is 4.79 Å². The molecule has 0 saturated carbocycles. The van der Waals surface area contributed by atoms with E-state index in [1.165, 1.54) is 32.1 Å². The van der Waals surface area contributed by atoms with Crippen LogP contribution in [0.1, 0.15) is 58.3 Å². The molecule has 0 radical (unpaired) electrons. The van der Waals surface area contributed by atoms with Crippen molar-refractivity contribution in [3.05, 3.63) is 0 Å². The summed E-state index contributed by atoms with van der Waals surface area (Å²) >= 11 is 0. The maximum absolute atomic E-state index is 10.1. The molecule has 0 fully saturated rings. The number of unbranched alkanes of at least 4 members (excludes halogenated alkanes) is 6. The largest absolute Gasteiger partial charge is 0.870 e. The molecule has 0 unspecified atom stereocenters. The van der Waals surface area contributed by atoms with Gasteiger partial charge in [-0.05, 0) is 6.42 Å². The molecule has 0 aromatic heterocycles. The highest BCUT2D eigenvalue weighted by Gasteiger charge is 1.95. The fourth-order valence-corrected chi connectivity index (χ4v) is 1.23. The van der Waals surface area contributed by atoms with Crippen molar-refractivity contribution >= 4 is 5.97 Å². The topological polar surface area (TPSA) is 67.3 Å². The lowest BCUT2D eigenvalue weighted by Crippen LogP contribution is -2.27. The number of carbonyl (C=O) groups is 1. The Morgan fingerprint density at radius 1 is 0.889 bits per heavy atom. The van der Waals surface area contributed by atoms with Gasteiger partial charge in [0.15, 0.2) is 0 Å². The van der Waals surface area contributed by atoms with Gasteiger partial charge < -0.3 is 15.1 Å². The van der Waals surface area contributed by atoms with Gasteiger partial charge in [0, 0.05) is 6.42 Å². The molecule has 0 rings (SSSR count). The Kier molecular flexibility index (Phi) is 18.1. The van der Waals surface area contributed by atoms with Crippen LogP contribution < -0.4 is 0 Å². The maximum atomic E-state index is 10.1. The lowest BCUT2D eigenvalue weighted by Gasteiger charge is -2.14. The molecule has 4 nitrogen and oxygen atoms in total. The molecule has 0 aliphatic heterocycles. The summed E-state index contributed by atoms with van der Waals surface area (Å²) in [4.78, 5) is 10.1. The van der Waals surface area contributed by atoms with Crippen molar-refractivity contribution in [3.63, 3.8) is 0 Å². The lowest BCUT2D eigenvalue weighted by molar-refractivity contribution is -0.849. The molecule has 0 aliphatic rings. The average molecular weight is 263 g/mol. The molecular weight excluding hydrogens is 230 g/mol. The first-order valence-electron chi connectivity index (χ1n) is 6.78. The molecule has 0 amide bonds. The molecule has 0 aromatic carbocycles. The van der Waals surface area contributed by atoms with Gasteiger partial charge in [-0.2, -0.15) is 0 Å². The van der Waals surface area contributed by atoms with E-state index in [4.69, 9.17) is 5.11 Å². The maximum Gasteiger partial charge on any atom is 0.303 e. The van der Waals surface area contributed by atoms with Gasteiger partial charge in [0.05, 0.1) is 28.2 Å². The van der Waals surface area contributed by atoms with Gasteiger partial charge in [-0.1, -0.05) is 45.4 Å². The first-order chi connectivity index (χ1) is 7.77. The molecule has 0 aliphatic carbocycles. The Labute approximate surface area is 113 Å². The number of hydrogen-bond acceptors (Lipinski definition) is 2.